The molecule has 1 heterocycles. The summed E-state index contributed by atoms with van der Waals surface area (Å²) >= 11 is 3.44. The van der Waals surface area contributed by atoms with Crippen molar-refractivity contribution in [3.63, 3.8) is 0 Å². The fourth-order valence-electron chi connectivity index (χ4n) is 4.28. The number of carbonyl (C=O) groups excluding carboxylic acids is 1. The molecule has 2 N–H and O–H groups in total. The molecule has 1 aliphatic heterocycles. The summed E-state index contributed by atoms with van der Waals surface area (Å²) in [6.07, 6.45) is 0.559. The van der Waals surface area contributed by atoms with E-state index in [9.17, 15) is 4.79 Å². The van der Waals surface area contributed by atoms with Gasteiger partial charge in [-0.2, -0.15) is 0 Å². The highest BCUT2D eigenvalue weighted by molar-refractivity contribution is 9.10. The lowest BCUT2D eigenvalue weighted by Gasteiger charge is -2.40. The molecule has 4 nitrogen and oxygen atoms in total. The molecule has 0 radical (unpaired) electrons. The number of hydrogen-bond acceptors (Lipinski definition) is 3. The van der Waals surface area contributed by atoms with Gasteiger partial charge in [0.05, 0.1) is 12.1 Å². The lowest BCUT2D eigenvalue weighted by Crippen LogP contribution is -2.54. The largest absolute Gasteiger partial charge is 0.339 e. The van der Waals surface area contributed by atoms with Gasteiger partial charge in [0.1, 0.15) is 0 Å². The molecule has 3 aromatic rings. The first-order valence-electron chi connectivity index (χ1n) is 10.7. The van der Waals surface area contributed by atoms with Gasteiger partial charge in [0.2, 0.25) is 5.91 Å². The van der Waals surface area contributed by atoms with Crippen molar-refractivity contribution in [2.45, 2.75) is 18.5 Å². The number of nitrogens with two attached hydrogens (primary N) is 1. The van der Waals surface area contributed by atoms with Crippen molar-refractivity contribution in [2.75, 3.05) is 26.2 Å². The van der Waals surface area contributed by atoms with Crippen molar-refractivity contribution in [1.82, 2.24) is 9.80 Å². The fourth-order valence-corrected chi connectivity index (χ4v) is 4.55. The normalized spacial score (nSPS) is 15.8. The van der Waals surface area contributed by atoms with Crippen LogP contribution in [0.3, 0.4) is 0 Å². The van der Waals surface area contributed by atoms with Gasteiger partial charge in [0.15, 0.2) is 0 Å². The zero-order valence-corrected chi connectivity index (χ0v) is 19.1. The number of hydrogen-bond donors (Lipinski definition) is 1. The Labute approximate surface area is 192 Å². The van der Waals surface area contributed by atoms with Crippen molar-refractivity contribution in [1.29, 1.82) is 0 Å². The van der Waals surface area contributed by atoms with Crippen LogP contribution in [0.2, 0.25) is 0 Å². The third kappa shape index (κ3) is 5.42. The molecule has 4 rings (SSSR count). The van der Waals surface area contributed by atoms with Crippen molar-refractivity contribution in [3.8, 4) is 0 Å². The Morgan fingerprint density at radius 1 is 0.806 bits per heavy atom. The molecule has 3 aromatic carbocycles. The SMILES string of the molecule is NC(Cc1ccc(Br)cc1)C(=O)N1CCN(C(c2ccccc2)c2ccccc2)CC1. The van der Waals surface area contributed by atoms with Gasteiger partial charge in [-0.1, -0.05) is 88.7 Å². The smallest absolute Gasteiger partial charge is 0.239 e. The Kier molecular flexibility index (Phi) is 7.17. The molecule has 0 spiro atoms. The molecule has 0 aromatic heterocycles. The predicted molar refractivity (Wildman–Crippen MR) is 129 cm³/mol. The van der Waals surface area contributed by atoms with Crippen LogP contribution in [0.1, 0.15) is 22.7 Å². The standard InChI is InChI=1S/C26H28BrN3O/c27-23-13-11-20(12-14-23)19-24(28)26(31)30-17-15-29(16-18-30)25(21-7-3-1-4-8-21)22-9-5-2-6-10-22/h1-14,24-25H,15-19,28H2. The number of rotatable bonds is 6. The summed E-state index contributed by atoms with van der Waals surface area (Å²) in [6, 6.07) is 28.9. The molecule has 1 fully saturated rings. The summed E-state index contributed by atoms with van der Waals surface area (Å²) in [5.41, 5.74) is 9.91. The summed E-state index contributed by atoms with van der Waals surface area (Å²) in [7, 11) is 0. The first kappa shape index (κ1) is 21.8. The number of halogens is 1. The minimum atomic E-state index is -0.508. The molecule has 5 heteroatoms. The van der Waals surface area contributed by atoms with Crippen molar-refractivity contribution in [2.24, 2.45) is 5.73 Å². The molecule has 0 aliphatic carbocycles. The molecule has 1 aliphatic rings. The Morgan fingerprint density at radius 2 is 1.32 bits per heavy atom. The number of piperazine rings is 1. The lowest BCUT2D eigenvalue weighted by molar-refractivity contribution is -0.134. The van der Waals surface area contributed by atoms with Crippen LogP contribution in [0.4, 0.5) is 0 Å². The van der Waals surface area contributed by atoms with Crippen LogP contribution in [-0.2, 0) is 11.2 Å². The Morgan fingerprint density at radius 3 is 1.84 bits per heavy atom. The van der Waals surface area contributed by atoms with Gasteiger partial charge in [-0.25, -0.2) is 0 Å². The molecule has 1 saturated heterocycles. The monoisotopic (exact) mass is 477 g/mol. The van der Waals surface area contributed by atoms with Gasteiger partial charge in [0, 0.05) is 30.7 Å². The molecular formula is C26H28BrN3O. The summed E-state index contributed by atoms with van der Waals surface area (Å²) in [6.45, 7) is 3.04. The minimum absolute atomic E-state index is 0.0403. The number of nitrogens with zero attached hydrogens (tertiary/aromatic N) is 2. The minimum Gasteiger partial charge on any atom is -0.339 e. The van der Waals surface area contributed by atoms with Crippen molar-refractivity contribution >= 4 is 21.8 Å². The van der Waals surface area contributed by atoms with Gasteiger partial charge in [-0.05, 0) is 35.2 Å². The third-order valence-electron chi connectivity index (χ3n) is 5.91. The molecule has 31 heavy (non-hydrogen) atoms. The zero-order valence-electron chi connectivity index (χ0n) is 17.5. The van der Waals surface area contributed by atoms with Gasteiger partial charge in [-0.15, -0.1) is 0 Å². The van der Waals surface area contributed by atoms with Gasteiger partial charge < -0.3 is 10.6 Å². The van der Waals surface area contributed by atoms with E-state index in [1.54, 1.807) is 0 Å². The van der Waals surface area contributed by atoms with Crippen LogP contribution in [-0.4, -0.2) is 47.9 Å². The second-order valence-electron chi connectivity index (χ2n) is 8.02. The molecule has 0 saturated carbocycles. The summed E-state index contributed by atoms with van der Waals surface area (Å²) in [5.74, 6) is 0.0403. The lowest BCUT2D eigenvalue weighted by atomic mass is 9.96. The van der Waals surface area contributed by atoms with Crippen LogP contribution < -0.4 is 5.73 Å². The summed E-state index contributed by atoms with van der Waals surface area (Å²) in [4.78, 5) is 17.3. The highest BCUT2D eigenvalue weighted by Gasteiger charge is 2.29. The molecule has 1 amide bonds. The Bertz CT molecular complexity index is 931. The topological polar surface area (TPSA) is 49.6 Å². The van der Waals surface area contributed by atoms with E-state index in [2.05, 4.69) is 81.5 Å². The highest BCUT2D eigenvalue weighted by atomic mass is 79.9. The fraction of sp³-hybridized carbons (Fsp3) is 0.269. The first-order valence-corrected chi connectivity index (χ1v) is 11.5. The van der Waals surface area contributed by atoms with E-state index < -0.39 is 6.04 Å². The van der Waals surface area contributed by atoms with E-state index in [1.165, 1.54) is 11.1 Å². The maximum atomic E-state index is 13.0. The molecule has 0 bridgehead atoms. The third-order valence-corrected chi connectivity index (χ3v) is 6.44. The first-order chi connectivity index (χ1) is 15.1. The molecule has 1 unspecified atom stereocenters. The van der Waals surface area contributed by atoms with Gasteiger partial charge in [-0.3, -0.25) is 9.69 Å². The maximum absolute atomic E-state index is 13.0. The summed E-state index contributed by atoms with van der Waals surface area (Å²) < 4.78 is 1.03. The van der Waals surface area contributed by atoms with E-state index in [0.29, 0.717) is 19.5 Å². The molecule has 1 atom stereocenters. The van der Waals surface area contributed by atoms with Crippen molar-refractivity contribution in [3.05, 3.63) is 106 Å². The maximum Gasteiger partial charge on any atom is 0.239 e. The van der Waals surface area contributed by atoms with E-state index in [4.69, 9.17) is 5.73 Å². The van der Waals surface area contributed by atoms with Crippen LogP contribution in [0, 0.1) is 0 Å². The summed E-state index contributed by atoms with van der Waals surface area (Å²) in [5, 5.41) is 0. The van der Waals surface area contributed by atoms with Crippen LogP contribution in [0.25, 0.3) is 0 Å². The van der Waals surface area contributed by atoms with E-state index in [1.807, 2.05) is 29.2 Å². The highest BCUT2D eigenvalue weighted by Crippen LogP contribution is 2.29. The van der Waals surface area contributed by atoms with E-state index >= 15 is 0 Å². The van der Waals surface area contributed by atoms with E-state index in [-0.39, 0.29) is 11.9 Å². The van der Waals surface area contributed by atoms with Crippen LogP contribution >= 0.6 is 15.9 Å². The van der Waals surface area contributed by atoms with E-state index in [0.717, 1.165) is 23.1 Å². The number of benzene rings is 3. The zero-order chi connectivity index (χ0) is 21.6. The quantitative estimate of drug-likeness (QED) is 0.577. The second-order valence-corrected chi connectivity index (χ2v) is 8.94. The Balaban J connectivity index is 1.41. The van der Waals surface area contributed by atoms with Crippen LogP contribution in [0.5, 0.6) is 0 Å². The average molecular weight is 478 g/mol. The van der Waals surface area contributed by atoms with Crippen molar-refractivity contribution < 1.29 is 4.79 Å². The average Bonchev–Trinajstić information content (AvgIpc) is 2.82. The number of carbonyl (C=O) groups is 1. The van der Waals surface area contributed by atoms with Gasteiger partial charge in [0.25, 0.3) is 0 Å². The van der Waals surface area contributed by atoms with Gasteiger partial charge >= 0.3 is 0 Å². The number of amides is 1. The second kappa shape index (κ2) is 10.2. The molecule has 160 valence electrons. The molecular weight excluding hydrogens is 450 g/mol. The predicted octanol–water partition coefficient (Wildman–Crippen LogP) is 4.25. The van der Waals surface area contributed by atoms with Crippen LogP contribution in [0.15, 0.2) is 89.4 Å². The Hall–Kier alpha value is -2.47.